The number of hydrogen-bond acceptors (Lipinski definition) is 9. The molecule has 3 N–H and O–H groups in total. The molecule has 1 aromatic heterocycles. The number of aliphatic hydroxyl groups is 1. The van der Waals surface area contributed by atoms with E-state index in [-0.39, 0.29) is 73.5 Å². The van der Waals surface area contributed by atoms with E-state index in [0.717, 1.165) is 50.5 Å². The first-order chi connectivity index (χ1) is 24.1. The van der Waals surface area contributed by atoms with Crippen molar-refractivity contribution >= 4 is 40.6 Å². The Hall–Kier alpha value is -4.46. The van der Waals surface area contributed by atoms with Crippen molar-refractivity contribution in [3.63, 3.8) is 0 Å². The predicted octanol–water partition coefficient (Wildman–Crippen LogP) is 2.28. The van der Waals surface area contributed by atoms with E-state index in [1.807, 2.05) is 19.1 Å². The molecule has 6 rings (SSSR count). The lowest BCUT2D eigenvalue weighted by Gasteiger charge is -2.37. The van der Waals surface area contributed by atoms with Gasteiger partial charge in [0, 0.05) is 56.8 Å². The van der Waals surface area contributed by atoms with Crippen LogP contribution in [0.1, 0.15) is 80.8 Å². The fourth-order valence-corrected chi connectivity index (χ4v) is 6.80. The van der Waals surface area contributed by atoms with Gasteiger partial charge in [0.15, 0.2) is 6.10 Å². The summed E-state index contributed by atoms with van der Waals surface area (Å²) in [5, 5.41) is 16.2. The highest BCUT2D eigenvalue weighted by Gasteiger charge is 2.38. The van der Waals surface area contributed by atoms with Crippen molar-refractivity contribution < 1.29 is 38.6 Å². The number of hydrogen-bond donors (Lipinski definition) is 3. The largest absolute Gasteiger partial charge is 0.480 e. The van der Waals surface area contributed by atoms with Crippen LogP contribution in [0.4, 0.5) is 4.79 Å². The highest BCUT2D eigenvalue weighted by Crippen LogP contribution is 2.29. The predicted molar refractivity (Wildman–Crippen MR) is 182 cm³/mol. The summed E-state index contributed by atoms with van der Waals surface area (Å²) in [6, 6.07) is 5.56. The van der Waals surface area contributed by atoms with Crippen LogP contribution in [0, 0.1) is 6.92 Å². The number of fused-ring (bicyclic) bond motifs is 1. The van der Waals surface area contributed by atoms with Crippen molar-refractivity contribution in [2.24, 2.45) is 0 Å². The van der Waals surface area contributed by atoms with Crippen LogP contribution in [0.2, 0.25) is 0 Å². The van der Waals surface area contributed by atoms with E-state index >= 15 is 0 Å². The number of aromatic nitrogens is 1. The lowest BCUT2D eigenvalue weighted by molar-refractivity contribution is -0.143. The average Bonchev–Trinajstić information content (AvgIpc) is 3.57. The average molecular weight is 693 g/mol. The molecule has 0 spiro atoms. The van der Waals surface area contributed by atoms with Gasteiger partial charge in [-0.2, -0.15) is 0 Å². The maximum Gasteiger partial charge on any atom is 0.410 e. The molecule has 50 heavy (non-hydrogen) atoms. The normalized spacial score (nSPS) is 20.8. The molecule has 14 heteroatoms. The first-order valence-electron chi connectivity index (χ1n) is 18.0. The maximum atomic E-state index is 13.7. The number of benzene rings is 1. The third kappa shape index (κ3) is 7.95. The second kappa shape index (κ2) is 15.6. The van der Waals surface area contributed by atoms with Crippen molar-refractivity contribution in [3.8, 4) is 5.75 Å². The molecule has 0 unspecified atom stereocenters. The van der Waals surface area contributed by atoms with Gasteiger partial charge >= 0.3 is 6.09 Å². The van der Waals surface area contributed by atoms with Crippen molar-refractivity contribution in [2.75, 3.05) is 39.3 Å². The summed E-state index contributed by atoms with van der Waals surface area (Å²) in [5.41, 5.74) is 1.36. The van der Waals surface area contributed by atoms with E-state index < -0.39 is 24.1 Å². The molecule has 1 aromatic carbocycles. The zero-order chi connectivity index (χ0) is 35.4. The van der Waals surface area contributed by atoms with E-state index in [9.17, 15) is 29.1 Å². The van der Waals surface area contributed by atoms with Gasteiger partial charge < -0.3 is 39.9 Å². The monoisotopic (exact) mass is 692 g/mol. The van der Waals surface area contributed by atoms with Crippen molar-refractivity contribution in [1.29, 1.82) is 0 Å². The van der Waals surface area contributed by atoms with Crippen LogP contribution in [0.5, 0.6) is 5.75 Å². The van der Waals surface area contributed by atoms with E-state index in [0.29, 0.717) is 37.0 Å². The number of aryl methyl sites for hydroxylation is 1. The number of aliphatic hydroxyl groups excluding tert-OH is 1. The fourth-order valence-electron chi connectivity index (χ4n) is 6.80. The molecule has 3 heterocycles. The first kappa shape index (κ1) is 35.4. The van der Waals surface area contributed by atoms with Crippen LogP contribution >= 0.6 is 0 Å². The second-order valence-corrected chi connectivity index (χ2v) is 13.9. The highest BCUT2D eigenvalue weighted by atomic mass is 16.6. The standard InChI is InChI=1S/C36H48N6O8/c1-22-11-12-26-28(20-22)38-29(21-31(26)49-23(2)34(46)42-14-5-10-30(42)33(45)37-24-6-3-7-24)32(44)39-27(13-19-43)35(47)40-15-17-41(18-16-40)36(48)50-25-8-4-9-25/h11-12,20-21,23-25,27,30,43H,3-10,13-19H2,1-2H3,(H,37,45)(H,39,44)/t23-,27+,30+/m1/s1. The smallest absolute Gasteiger partial charge is 0.410 e. The Bertz CT molecular complexity index is 1600. The van der Waals surface area contributed by atoms with E-state index in [1.165, 1.54) is 6.07 Å². The minimum atomic E-state index is -1.03. The lowest BCUT2D eigenvalue weighted by Crippen LogP contribution is -2.56. The number of piperazine rings is 1. The summed E-state index contributed by atoms with van der Waals surface area (Å²) in [5.74, 6) is -1.18. The van der Waals surface area contributed by atoms with Gasteiger partial charge in [-0.25, -0.2) is 9.78 Å². The molecular formula is C36H48N6O8. The summed E-state index contributed by atoms with van der Waals surface area (Å²) in [6.45, 7) is 4.81. The van der Waals surface area contributed by atoms with Crippen LogP contribution in [-0.2, 0) is 19.1 Å². The molecular weight excluding hydrogens is 644 g/mol. The number of likely N-dealkylation sites (tertiary alicyclic amines) is 1. The molecule has 0 radical (unpaired) electrons. The number of pyridine rings is 1. The molecule has 2 saturated heterocycles. The molecule has 0 bridgehead atoms. The number of carbonyl (C=O) groups excluding carboxylic acids is 5. The molecule has 2 aliphatic heterocycles. The number of carbonyl (C=O) groups is 5. The summed E-state index contributed by atoms with van der Waals surface area (Å²) in [4.78, 5) is 75.6. The van der Waals surface area contributed by atoms with E-state index in [1.54, 1.807) is 27.7 Å². The van der Waals surface area contributed by atoms with Crippen molar-refractivity contribution in [1.82, 2.24) is 30.3 Å². The van der Waals surface area contributed by atoms with E-state index in [2.05, 4.69) is 15.6 Å². The number of rotatable bonds is 11. The molecule has 2 aliphatic carbocycles. The molecule has 270 valence electrons. The highest BCUT2D eigenvalue weighted by molar-refractivity contribution is 5.99. The van der Waals surface area contributed by atoms with Crippen LogP contribution in [0.15, 0.2) is 24.3 Å². The van der Waals surface area contributed by atoms with Crippen molar-refractivity contribution in [3.05, 3.63) is 35.5 Å². The molecule has 2 aromatic rings. The Morgan fingerprint density at radius 3 is 2.30 bits per heavy atom. The third-order valence-corrected chi connectivity index (χ3v) is 10.3. The fraction of sp³-hybridized carbons (Fsp3) is 0.611. The van der Waals surface area contributed by atoms with Gasteiger partial charge in [-0.3, -0.25) is 19.2 Å². The van der Waals surface area contributed by atoms with Crippen LogP contribution in [-0.4, -0.2) is 124 Å². The summed E-state index contributed by atoms with van der Waals surface area (Å²) in [7, 11) is 0. The van der Waals surface area contributed by atoms with E-state index in [4.69, 9.17) is 9.47 Å². The molecule has 4 fully saturated rings. The molecule has 2 saturated carbocycles. The molecule has 5 amide bonds. The SMILES string of the molecule is Cc1ccc2c(O[C@H](C)C(=O)N3CCC[C@H]3C(=O)NC3CCC3)cc(C(=O)N[C@@H](CCO)C(=O)N3CCN(C(=O)OC4CCC4)CC3)nc2c1. The Morgan fingerprint density at radius 1 is 0.920 bits per heavy atom. The minimum absolute atomic E-state index is 0.0125. The van der Waals surface area contributed by atoms with Gasteiger partial charge in [0.25, 0.3) is 11.8 Å². The zero-order valence-corrected chi connectivity index (χ0v) is 28.9. The number of nitrogens with zero attached hydrogens (tertiary/aromatic N) is 4. The van der Waals surface area contributed by atoms with Crippen LogP contribution < -0.4 is 15.4 Å². The number of ether oxygens (including phenoxy) is 2. The Labute approximate surface area is 291 Å². The number of nitrogens with one attached hydrogen (secondary N) is 2. The van der Waals surface area contributed by atoms with Gasteiger partial charge in [-0.05, 0) is 89.3 Å². The van der Waals surface area contributed by atoms with Crippen molar-refractivity contribution in [2.45, 2.75) is 102 Å². The quantitative estimate of drug-likeness (QED) is 0.320. The summed E-state index contributed by atoms with van der Waals surface area (Å²) in [6.07, 6.45) is 5.77. The maximum absolute atomic E-state index is 13.7. The van der Waals surface area contributed by atoms with Gasteiger partial charge in [0.05, 0.1) is 5.52 Å². The molecule has 4 aliphatic rings. The summed E-state index contributed by atoms with van der Waals surface area (Å²) >= 11 is 0. The van der Waals surface area contributed by atoms with Crippen LogP contribution in [0.3, 0.4) is 0 Å². The van der Waals surface area contributed by atoms with Gasteiger partial charge in [-0.15, -0.1) is 0 Å². The Morgan fingerprint density at radius 2 is 1.64 bits per heavy atom. The second-order valence-electron chi connectivity index (χ2n) is 13.9. The molecule has 14 nitrogen and oxygen atoms in total. The van der Waals surface area contributed by atoms with Gasteiger partial charge in [-0.1, -0.05) is 6.07 Å². The lowest BCUT2D eigenvalue weighted by atomic mass is 9.93. The van der Waals surface area contributed by atoms with Gasteiger partial charge in [0.2, 0.25) is 11.8 Å². The third-order valence-electron chi connectivity index (χ3n) is 10.3. The Balaban J connectivity index is 1.13. The molecule has 3 atom stereocenters. The minimum Gasteiger partial charge on any atom is -0.480 e. The Kier molecular flexibility index (Phi) is 11.0. The van der Waals surface area contributed by atoms with Gasteiger partial charge in [0.1, 0.15) is 29.6 Å². The number of amides is 5. The van der Waals surface area contributed by atoms with Crippen LogP contribution in [0.25, 0.3) is 10.9 Å². The zero-order valence-electron chi connectivity index (χ0n) is 28.9. The topological polar surface area (TPSA) is 171 Å². The summed E-state index contributed by atoms with van der Waals surface area (Å²) < 4.78 is 11.7. The first-order valence-corrected chi connectivity index (χ1v) is 18.0.